The van der Waals surface area contributed by atoms with Gasteiger partial charge in [-0.2, -0.15) is 4.68 Å². The zero-order valence-corrected chi connectivity index (χ0v) is 19.5. The highest BCUT2D eigenvalue weighted by Gasteiger charge is 2.38. The SMILES string of the molecule is CCOc1ccccc1-n1nnnc1SCC(=O)NCC1(N2CCOCC2)CCCCC1. The lowest BCUT2D eigenvalue weighted by atomic mass is 9.79. The Hall–Kier alpha value is -2.17. The summed E-state index contributed by atoms with van der Waals surface area (Å²) in [6.07, 6.45) is 5.98. The average Bonchev–Trinajstić information content (AvgIpc) is 3.32. The molecule has 1 saturated heterocycles. The molecule has 0 bridgehead atoms. The number of nitrogens with zero attached hydrogens (tertiary/aromatic N) is 5. The summed E-state index contributed by atoms with van der Waals surface area (Å²) in [4.78, 5) is 15.3. The summed E-state index contributed by atoms with van der Waals surface area (Å²) in [5, 5.41) is 15.8. The number of carbonyl (C=O) groups is 1. The smallest absolute Gasteiger partial charge is 0.230 e. The van der Waals surface area contributed by atoms with Gasteiger partial charge in [0.05, 0.1) is 25.6 Å². The molecule has 1 aromatic heterocycles. The van der Waals surface area contributed by atoms with E-state index in [1.54, 1.807) is 4.68 Å². The molecule has 1 aliphatic heterocycles. The number of tetrazole rings is 1. The first-order valence-electron chi connectivity index (χ1n) is 11.4. The van der Waals surface area contributed by atoms with Crippen molar-refractivity contribution in [2.45, 2.75) is 49.7 Å². The third kappa shape index (κ3) is 5.41. The van der Waals surface area contributed by atoms with Crippen molar-refractivity contribution in [3.63, 3.8) is 0 Å². The van der Waals surface area contributed by atoms with Gasteiger partial charge in [-0.1, -0.05) is 43.2 Å². The van der Waals surface area contributed by atoms with Gasteiger partial charge >= 0.3 is 0 Å². The number of ether oxygens (including phenoxy) is 2. The number of nitrogens with one attached hydrogen (secondary N) is 1. The van der Waals surface area contributed by atoms with Crippen LogP contribution in [0, 0.1) is 0 Å². The van der Waals surface area contributed by atoms with Gasteiger partial charge in [0, 0.05) is 25.2 Å². The first-order valence-corrected chi connectivity index (χ1v) is 12.4. The number of rotatable bonds is 9. The lowest BCUT2D eigenvalue weighted by Crippen LogP contribution is -2.59. The molecule has 0 radical (unpaired) electrons. The van der Waals surface area contributed by atoms with E-state index in [9.17, 15) is 4.79 Å². The summed E-state index contributed by atoms with van der Waals surface area (Å²) in [5.74, 6) is 0.968. The number of para-hydroxylation sites is 2. The maximum atomic E-state index is 12.7. The second-order valence-corrected chi connectivity index (χ2v) is 9.17. The van der Waals surface area contributed by atoms with Crippen LogP contribution in [0.15, 0.2) is 29.4 Å². The maximum absolute atomic E-state index is 12.7. The first kappa shape index (κ1) is 23.0. The van der Waals surface area contributed by atoms with Crippen molar-refractivity contribution in [1.82, 2.24) is 30.4 Å². The van der Waals surface area contributed by atoms with Crippen LogP contribution in [0.5, 0.6) is 5.75 Å². The van der Waals surface area contributed by atoms with Crippen LogP contribution >= 0.6 is 11.8 Å². The van der Waals surface area contributed by atoms with Gasteiger partial charge in [-0.25, -0.2) is 0 Å². The quantitative estimate of drug-likeness (QED) is 0.570. The Labute approximate surface area is 193 Å². The highest BCUT2D eigenvalue weighted by Crippen LogP contribution is 2.34. The Balaban J connectivity index is 1.36. The zero-order valence-electron chi connectivity index (χ0n) is 18.7. The second-order valence-electron chi connectivity index (χ2n) is 8.22. The van der Waals surface area contributed by atoms with Gasteiger partial charge in [-0.3, -0.25) is 9.69 Å². The van der Waals surface area contributed by atoms with E-state index in [2.05, 4.69) is 25.7 Å². The lowest BCUT2D eigenvalue weighted by molar-refractivity contribution is -0.119. The normalized spacial score (nSPS) is 18.9. The van der Waals surface area contributed by atoms with Crippen LogP contribution in [0.2, 0.25) is 0 Å². The molecule has 2 fully saturated rings. The molecule has 2 aliphatic rings. The molecule has 2 aromatic rings. The van der Waals surface area contributed by atoms with Gasteiger partial charge in [0.25, 0.3) is 0 Å². The molecule has 1 saturated carbocycles. The van der Waals surface area contributed by atoms with Gasteiger partial charge < -0.3 is 14.8 Å². The number of hydrogen-bond acceptors (Lipinski definition) is 8. The first-order chi connectivity index (χ1) is 15.7. The Morgan fingerprint density at radius 2 is 2.00 bits per heavy atom. The monoisotopic (exact) mass is 460 g/mol. The number of carbonyl (C=O) groups excluding carboxylic acids is 1. The summed E-state index contributed by atoms with van der Waals surface area (Å²) < 4.78 is 12.9. The Morgan fingerprint density at radius 3 is 2.78 bits per heavy atom. The van der Waals surface area contributed by atoms with Crippen LogP contribution in [0.1, 0.15) is 39.0 Å². The summed E-state index contributed by atoms with van der Waals surface area (Å²) in [7, 11) is 0. The van der Waals surface area contributed by atoms with Gasteiger partial charge in [-0.05, 0) is 42.3 Å². The summed E-state index contributed by atoms with van der Waals surface area (Å²) in [6, 6.07) is 7.61. The summed E-state index contributed by atoms with van der Waals surface area (Å²) in [6.45, 7) is 6.61. The van der Waals surface area contributed by atoms with E-state index < -0.39 is 0 Å². The number of hydrogen-bond donors (Lipinski definition) is 1. The maximum Gasteiger partial charge on any atom is 0.230 e. The number of aromatic nitrogens is 4. The molecule has 2 heterocycles. The third-order valence-corrected chi connectivity index (χ3v) is 7.17. The van der Waals surface area contributed by atoms with E-state index in [1.165, 1.54) is 31.0 Å². The zero-order chi connectivity index (χ0) is 22.2. The van der Waals surface area contributed by atoms with Crippen molar-refractivity contribution >= 4 is 17.7 Å². The van der Waals surface area contributed by atoms with Crippen LogP contribution < -0.4 is 10.1 Å². The van der Waals surface area contributed by atoms with Crippen LogP contribution in [-0.4, -0.2) is 81.8 Å². The molecule has 1 amide bonds. The number of benzene rings is 1. The largest absolute Gasteiger partial charge is 0.492 e. The molecule has 4 rings (SSSR count). The van der Waals surface area contributed by atoms with Crippen molar-refractivity contribution in [2.75, 3.05) is 45.2 Å². The van der Waals surface area contributed by atoms with E-state index in [4.69, 9.17) is 9.47 Å². The fourth-order valence-electron chi connectivity index (χ4n) is 4.63. The Morgan fingerprint density at radius 1 is 1.22 bits per heavy atom. The average molecular weight is 461 g/mol. The topological polar surface area (TPSA) is 94.4 Å². The molecular weight excluding hydrogens is 428 g/mol. The predicted octanol–water partition coefficient (Wildman–Crippen LogP) is 2.30. The molecule has 174 valence electrons. The molecule has 0 unspecified atom stereocenters. The van der Waals surface area contributed by atoms with Crippen LogP contribution in [0.4, 0.5) is 0 Å². The van der Waals surface area contributed by atoms with Gasteiger partial charge in [0.1, 0.15) is 11.4 Å². The van der Waals surface area contributed by atoms with E-state index in [0.29, 0.717) is 24.1 Å². The lowest BCUT2D eigenvalue weighted by Gasteiger charge is -2.48. The fraction of sp³-hybridized carbons (Fsp3) is 0.636. The van der Waals surface area contributed by atoms with Crippen LogP contribution in [-0.2, 0) is 9.53 Å². The molecule has 32 heavy (non-hydrogen) atoms. The molecule has 10 heteroatoms. The van der Waals surface area contributed by atoms with E-state index in [-0.39, 0.29) is 17.2 Å². The summed E-state index contributed by atoms with van der Waals surface area (Å²) in [5.41, 5.74) is 0.816. The molecule has 0 atom stereocenters. The summed E-state index contributed by atoms with van der Waals surface area (Å²) >= 11 is 1.33. The van der Waals surface area contributed by atoms with Crippen molar-refractivity contribution in [1.29, 1.82) is 0 Å². The van der Waals surface area contributed by atoms with Gasteiger partial charge in [0.15, 0.2) is 0 Å². The highest BCUT2D eigenvalue weighted by molar-refractivity contribution is 7.99. The number of thioether (sulfide) groups is 1. The minimum atomic E-state index is 0.000788. The second kappa shape index (κ2) is 11.1. The molecular formula is C22H32N6O3S. The van der Waals surface area contributed by atoms with Crippen LogP contribution in [0.3, 0.4) is 0 Å². The molecule has 1 aromatic carbocycles. The van der Waals surface area contributed by atoms with Crippen molar-refractivity contribution in [3.8, 4) is 11.4 Å². The molecule has 1 aliphatic carbocycles. The third-order valence-electron chi connectivity index (χ3n) is 6.25. The number of morpholine rings is 1. The van der Waals surface area contributed by atoms with Crippen molar-refractivity contribution in [3.05, 3.63) is 24.3 Å². The highest BCUT2D eigenvalue weighted by atomic mass is 32.2. The van der Waals surface area contributed by atoms with Crippen molar-refractivity contribution in [2.24, 2.45) is 0 Å². The Bertz CT molecular complexity index is 880. The van der Waals surface area contributed by atoms with E-state index in [0.717, 1.165) is 44.8 Å². The van der Waals surface area contributed by atoms with Crippen molar-refractivity contribution < 1.29 is 14.3 Å². The molecule has 0 spiro atoms. The Kier molecular flexibility index (Phi) is 7.99. The standard InChI is InChI=1S/C22H32N6O3S/c1-2-31-19-9-5-4-8-18(19)28-21(24-25-26-28)32-16-20(29)23-17-22(10-6-3-7-11-22)27-12-14-30-15-13-27/h4-5,8-9H,2-3,6-7,10-17H2,1H3,(H,23,29). The van der Waals surface area contributed by atoms with Gasteiger partial charge in [-0.15, -0.1) is 5.10 Å². The molecule has 1 N–H and O–H groups in total. The number of amides is 1. The van der Waals surface area contributed by atoms with E-state index in [1.807, 2.05) is 31.2 Å². The van der Waals surface area contributed by atoms with Crippen LogP contribution in [0.25, 0.3) is 5.69 Å². The minimum absolute atomic E-state index is 0.000788. The minimum Gasteiger partial charge on any atom is -0.492 e. The fourth-order valence-corrected chi connectivity index (χ4v) is 5.34. The van der Waals surface area contributed by atoms with Gasteiger partial charge in [0.2, 0.25) is 11.1 Å². The molecule has 9 nitrogen and oxygen atoms in total. The predicted molar refractivity (Wildman–Crippen MR) is 122 cm³/mol. The van der Waals surface area contributed by atoms with E-state index >= 15 is 0 Å².